The summed E-state index contributed by atoms with van der Waals surface area (Å²) in [4.78, 5) is 41.1. The number of anilines is 1. The molecule has 2 aromatic carbocycles. The van der Waals surface area contributed by atoms with Crippen LogP contribution in [-0.2, 0) is 14.3 Å². The third kappa shape index (κ3) is 7.70. The molecule has 0 spiro atoms. The SMILES string of the molecule is C=CCN(C(=O)C(C)NC(=O)OC(C)(C)C)C(C(=O)Nc1ccccc1C)c1cc(C)ccc1C. The topological polar surface area (TPSA) is 87.7 Å². The Hall–Kier alpha value is -3.61. The van der Waals surface area contributed by atoms with Crippen LogP contribution in [0.1, 0.15) is 56.0 Å². The second-order valence-corrected chi connectivity index (χ2v) is 9.71. The number of hydrogen-bond donors (Lipinski definition) is 2. The third-order valence-electron chi connectivity index (χ3n) is 5.40. The molecule has 2 unspecified atom stereocenters. The lowest BCUT2D eigenvalue weighted by Gasteiger charge is -2.34. The first-order valence-corrected chi connectivity index (χ1v) is 11.7. The molecule has 0 bridgehead atoms. The van der Waals surface area contributed by atoms with Gasteiger partial charge in [0, 0.05) is 12.2 Å². The molecule has 2 atom stereocenters. The van der Waals surface area contributed by atoms with E-state index in [1.807, 2.05) is 63.2 Å². The van der Waals surface area contributed by atoms with E-state index in [2.05, 4.69) is 17.2 Å². The van der Waals surface area contributed by atoms with E-state index in [9.17, 15) is 14.4 Å². The van der Waals surface area contributed by atoms with Crippen molar-refractivity contribution in [3.05, 3.63) is 77.4 Å². The molecule has 0 aliphatic heterocycles. The average molecular weight is 480 g/mol. The standard InChI is InChI=1S/C28H37N3O4/c1-9-16-31(26(33)21(5)29-27(34)35-28(6,7)8)24(22-17-18(2)14-15-19(22)3)25(32)30-23-13-11-10-12-20(23)4/h9-15,17,21,24H,1,16H2,2-8H3,(H,29,34)(H,30,32). The van der Waals surface area contributed by atoms with E-state index in [0.717, 1.165) is 16.7 Å². The summed E-state index contributed by atoms with van der Waals surface area (Å²) < 4.78 is 5.30. The van der Waals surface area contributed by atoms with Crippen LogP contribution in [0.2, 0.25) is 0 Å². The minimum Gasteiger partial charge on any atom is -0.444 e. The highest BCUT2D eigenvalue weighted by molar-refractivity contribution is 5.99. The summed E-state index contributed by atoms with van der Waals surface area (Å²) in [6, 6.07) is 11.4. The molecule has 188 valence electrons. The second-order valence-electron chi connectivity index (χ2n) is 9.71. The number of amides is 3. The Morgan fingerprint density at radius 2 is 1.71 bits per heavy atom. The van der Waals surface area contributed by atoms with E-state index < -0.39 is 29.7 Å². The van der Waals surface area contributed by atoms with Crippen molar-refractivity contribution >= 4 is 23.6 Å². The quantitative estimate of drug-likeness (QED) is 0.508. The van der Waals surface area contributed by atoms with Crippen LogP contribution in [0.25, 0.3) is 0 Å². The number of carbonyl (C=O) groups is 3. The molecule has 7 nitrogen and oxygen atoms in total. The number of para-hydroxylation sites is 1. The molecule has 35 heavy (non-hydrogen) atoms. The lowest BCUT2D eigenvalue weighted by Crippen LogP contribution is -2.51. The molecule has 0 saturated carbocycles. The van der Waals surface area contributed by atoms with E-state index >= 15 is 0 Å². The zero-order valence-corrected chi connectivity index (χ0v) is 21.8. The van der Waals surface area contributed by atoms with E-state index in [1.54, 1.807) is 33.8 Å². The highest BCUT2D eigenvalue weighted by Crippen LogP contribution is 2.28. The zero-order chi connectivity index (χ0) is 26.3. The van der Waals surface area contributed by atoms with Gasteiger partial charge in [-0.3, -0.25) is 9.59 Å². The second kappa shape index (κ2) is 11.7. The first-order chi connectivity index (χ1) is 16.3. The molecular weight excluding hydrogens is 442 g/mol. The average Bonchev–Trinajstić information content (AvgIpc) is 2.75. The third-order valence-corrected chi connectivity index (χ3v) is 5.40. The van der Waals surface area contributed by atoms with Gasteiger partial charge in [-0.05, 0) is 71.2 Å². The molecule has 0 heterocycles. The molecule has 3 amide bonds. The van der Waals surface area contributed by atoms with Gasteiger partial charge in [-0.25, -0.2) is 4.79 Å². The van der Waals surface area contributed by atoms with Crippen LogP contribution < -0.4 is 10.6 Å². The van der Waals surface area contributed by atoms with Gasteiger partial charge in [0.05, 0.1) is 0 Å². The number of benzene rings is 2. The molecule has 2 rings (SSSR count). The fraction of sp³-hybridized carbons (Fsp3) is 0.393. The van der Waals surface area contributed by atoms with Crippen molar-refractivity contribution in [2.24, 2.45) is 0 Å². The number of nitrogens with one attached hydrogen (secondary N) is 2. The Morgan fingerprint density at radius 1 is 1.06 bits per heavy atom. The Kier molecular flexibility index (Phi) is 9.23. The van der Waals surface area contributed by atoms with E-state index in [0.29, 0.717) is 11.3 Å². The van der Waals surface area contributed by atoms with Crippen molar-refractivity contribution in [3.8, 4) is 0 Å². The first kappa shape index (κ1) is 27.6. The van der Waals surface area contributed by atoms with Crippen molar-refractivity contribution < 1.29 is 19.1 Å². The van der Waals surface area contributed by atoms with Gasteiger partial charge < -0.3 is 20.3 Å². The van der Waals surface area contributed by atoms with Gasteiger partial charge in [0.1, 0.15) is 17.7 Å². The van der Waals surface area contributed by atoms with Gasteiger partial charge >= 0.3 is 6.09 Å². The van der Waals surface area contributed by atoms with Crippen molar-refractivity contribution in [3.63, 3.8) is 0 Å². The van der Waals surface area contributed by atoms with Gasteiger partial charge in [-0.1, -0.05) is 48.0 Å². The summed E-state index contributed by atoms with van der Waals surface area (Å²) in [5, 5.41) is 5.57. The Labute approximate surface area is 208 Å². The van der Waals surface area contributed by atoms with Crippen LogP contribution >= 0.6 is 0 Å². The molecule has 0 radical (unpaired) electrons. The summed E-state index contributed by atoms with van der Waals surface area (Å²) >= 11 is 0. The fourth-order valence-corrected chi connectivity index (χ4v) is 3.68. The van der Waals surface area contributed by atoms with Gasteiger partial charge in [-0.15, -0.1) is 6.58 Å². The molecule has 0 aromatic heterocycles. The highest BCUT2D eigenvalue weighted by Gasteiger charge is 2.35. The fourth-order valence-electron chi connectivity index (χ4n) is 3.68. The summed E-state index contributed by atoms with van der Waals surface area (Å²) in [6.45, 7) is 16.5. The number of aryl methyl sites for hydroxylation is 3. The minimum absolute atomic E-state index is 0.110. The van der Waals surface area contributed by atoms with Gasteiger partial charge in [0.15, 0.2) is 0 Å². The Morgan fingerprint density at radius 3 is 2.31 bits per heavy atom. The zero-order valence-electron chi connectivity index (χ0n) is 21.8. The smallest absolute Gasteiger partial charge is 0.408 e. The molecule has 2 aromatic rings. The summed E-state index contributed by atoms with van der Waals surface area (Å²) in [5.74, 6) is -0.783. The number of rotatable bonds is 8. The van der Waals surface area contributed by atoms with Gasteiger partial charge in [-0.2, -0.15) is 0 Å². The lowest BCUT2D eigenvalue weighted by molar-refractivity contribution is -0.139. The Bertz CT molecular complexity index is 1090. The van der Waals surface area contributed by atoms with E-state index in [-0.39, 0.29) is 12.5 Å². The maximum atomic E-state index is 13.7. The summed E-state index contributed by atoms with van der Waals surface area (Å²) in [7, 11) is 0. The predicted octanol–water partition coefficient (Wildman–Crippen LogP) is 5.22. The number of ether oxygens (including phenoxy) is 1. The van der Waals surface area contributed by atoms with Crippen molar-refractivity contribution in [1.82, 2.24) is 10.2 Å². The molecule has 0 aliphatic rings. The van der Waals surface area contributed by atoms with Gasteiger partial charge in [0.2, 0.25) is 5.91 Å². The molecular formula is C28H37N3O4. The van der Waals surface area contributed by atoms with Crippen molar-refractivity contribution in [2.45, 2.75) is 66.2 Å². The number of nitrogens with zero attached hydrogens (tertiary/aromatic N) is 1. The monoisotopic (exact) mass is 479 g/mol. The molecule has 7 heteroatoms. The van der Waals surface area contributed by atoms with Crippen molar-refractivity contribution in [1.29, 1.82) is 0 Å². The van der Waals surface area contributed by atoms with Gasteiger partial charge in [0.25, 0.3) is 5.91 Å². The number of alkyl carbamates (subject to hydrolysis) is 1. The first-order valence-electron chi connectivity index (χ1n) is 11.7. The van der Waals surface area contributed by atoms with Crippen LogP contribution in [0.15, 0.2) is 55.1 Å². The normalized spacial score (nSPS) is 12.8. The molecule has 0 fully saturated rings. The number of carbonyl (C=O) groups excluding carboxylic acids is 3. The predicted molar refractivity (Wildman–Crippen MR) is 139 cm³/mol. The van der Waals surface area contributed by atoms with Crippen LogP contribution in [0.5, 0.6) is 0 Å². The van der Waals surface area contributed by atoms with E-state index in [4.69, 9.17) is 4.74 Å². The molecule has 0 saturated heterocycles. The van der Waals surface area contributed by atoms with Crippen LogP contribution in [-0.4, -0.2) is 41.0 Å². The maximum absolute atomic E-state index is 13.7. The molecule has 0 aliphatic carbocycles. The lowest BCUT2D eigenvalue weighted by atomic mass is 9.96. The summed E-state index contributed by atoms with van der Waals surface area (Å²) in [6.07, 6.45) is 0.863. The number of hydrogen-bond acceptors (Lipinski definition) is 4. The van der Waals surface area contributed by atoms with Crippen LogP contribution in [0.4, 0.5) is 10.5 Å². The summed E-state index contributed by atoms with van der Waals surface area (Å²) in [5.41, 5.74) is 3.40. The molecule has 2 N–H and O–H groups in total. The largest absolute Gasteiger partial charge is 0.444 e. The van der Waals surface area contributed by atoms with E-state index in [1.165, 1.54) is 4.90 Å². The Balaban J connectivity index is 2.47. The highest BCUT2D eigenvalue weighted by atomic mass is 16.6. The van der Waals surface area contributed by atoms with Crippen LogP contribution in [0, 0.1) is 20.8 Å². The minimum atomic E-state index is -0.942. The van der Waals surface area contributed by atoms with Crippen molar-refractivity contribution in [2.75, 3.05) is 11.9 Å². The van der Waals surface area contributed by atoms with Crippen LogP contribution in [0.3, 0.4) is 0 Å². The maximum Gasteiger partial charge on any atom is 0.408 e.